The molecule has 0 spiro atoms. The maximum Gasteiger partial charge on any atom is 0.251 e. The number of hydrogen-bond donors (Lipinski definition) is 1. The van der Waals surface area contributed by atoms with E-state index in [2.05, 4.69) is 5.32 Å². The van der Waals surface area contributed by atoms with Crippen LogP contribution >= 0.6 is 0 Å². The molecule has 1 N–H and O–H groups in total. The Labute approximate surface area is 164 Å². The Kier molecular flexibility index (Phi) is 5.67. The third-order valence-corrected chi connectivity index (χ3v) is 5.08. The number of fused-ring (bicyclic) bond motifs is 1. The summed E-state index contributed by atoms with van der Waals surface area (Å²) in [6.07, 6.45) is 3.12. The van der Waals surface area contributed by atoms with Crippen LogP contribution in [0.3, 0.4) is 0 Å². The molecule has 2 aromatic rings. The van der Waals surface area contributed by atoms with Gasteiger partial charge in [0.2, 0.25) is 0 Å². The molecular formula is C22H25NO5. The molecule has 0 aromatic heterocycles. The van der Waals surface area contributed by atoms with Crippen LogP contribution in [-0.4, -0.2) is 38.9 Å². The molecule has 1 saturated heterocycles. The molecular weight excluding hydrogens is 358 g/mol. The van der Waals surface area contributed by atoms with E-state index >= 15 is 0 Å². The molecule has 2 aliphatic rings. The molecule has 2 aromatic carbocycles. The summed E-state index contributed by atoms with van der Waals surface area (Å²) in [4.78, 5) is 12.5. The van der Waals surface area contributed by atoms with Gasteiger partial charge in [-0.3, -0.25) is 4.79 Å². The Morgan fingerprint density at radius 1 is 1.18 bits per heavy atom. The zero-order valence-corrected chi connectivity index (χ0v) is 16.0. The fourth-order valence-corrected chi connectivity index (χ4v) is 3.51. The number of nitrogens with one attached hydrogen (secondary N) is 1. The van der Waals surface area contributed by atoms with E-state index in [4.69, 9.17) is 18.9 Å². The van der Waals surface area contributed by atoms with E-state index in [1.54, 1.807) is 13.2 Å². The highest BCUT2D eigenvalue weighted by Gasteiger charge is 2.18. The third-order valence-electron chi connectivity index (χ3n) is 5.08. The molecule has 1 unspecified atom stereocenters. The van der Waals surface area contributed by atoms with Gasteiger partial charge in [-0.15, -0.1) is 0 Å². The van der Waals surface area contributed by atoms with Gasteiger partial charge in [-0.1, -0.05) is 6.07 Å². The Morgan fingerprint density at radius 2 is 2.11 bits per heavy atom. The monoisotopic (exact) mass is 383 g/mol. The van der Waals surface area contributed by atoms with Crippen LogP contribution in [0.2, 0.25) is 0 Å². The smallest absolute Gasteiger partial charge is 0.251 e. The number of benzene rings is 2. The van der Waals surface area contributed by atoms with E-state index in [0.29, 0.717) is 36.8 Å². The summed E-state index contributed by atoms with van der Waals surface area (Å²) in [7, 11) is 1.61. The van der Waals surface area contributed by atoms with Gasteiger partial charge in [-0.2, -0.15) is 0 Å². The van der Waals surface area contributed by atoms with Crippen molar-refractivity contribution in [2.75, 3.05) is 26.9 Å². The first kappa shape index (κ1) is 18.6. The largest absolute Gasteiger partial charge is 0.493 e. The quantitative estimate of drug-likeness (QED) is 0.796. The molecule has 1 amide bonds. The molecule has 0 radical (unpaired) electrons. The summed E-state index contributed by atoms with van der Waals surface area (Å²) in [5.41, 5.74) is 2.67. The van der Waals surface area contributed by atoms with Crippen LogP contribution < -0.4 is 19.5 Å². The summed E-state index contributed by atoms with van der Waals surface area (Å²) >= 11 is 0. The summed E-state index contributed by atoms with van der Waals surface area (Å²) < 4.78 is 22.4. The Bertz CT molecular complexity index is 845. The highest BCUT2D eigenvalue weighted by Crippen LogP contribution is 2.29. The zero-order chi connectivity index (χ0) is 19.3. The summed E-state index contributed by atoms with van der Waals surface area (Å²) in [5, 5.41) is 2.96. The number of ether oxygens (including phenoxy) is 4. The van der Waals surface area contributed by atoms with Crippen LogP contribution in [0.1, 0.15) is 34.3 Å². The average molecular weight is 383 g/mol. The van der Waals surface area contributed by atoms with Gasteiger partial charge in [0.25, 0.3) is 5.91 Å². The molecule has 2 heterocycles. The molecule has 0 bridgehead atoms. The van der Waals surface area contributed by atoms with Gasteiger partial charge < -0.3 is 24.3 Å². The second-order valence-corrected chi connectivity index (χ2v) is 7.03. The molecule has 1 fully saturated rings. The lowest BCUT2D eigenvalue weighted by Gasteiger charge is -2.15. The van der Waals surface area contributed by atoms with E-state index in [-0.39, 0.29) is 12.0 Å². The second-order valence-electron chi connectivity index (χ2n) is 7.03. The number of methoxy groups -OCH3 is 1. The molecule has 6 nitrogen and oxygen atoms in total. The van der Waals surface area contributed by atoms with Gasteiger partial charge in [0, 0.05) is 25.1 Å². The number of rotatable bonds is 7. The molecule has 6 heteroatoms. The zero-order valence-electron chi connectivity index (χ0n) is 16.0. The van der Waals surface area contributed by atoms with E-state index in [1.807, 2.05) is 30.3 Å². The fraction of sp³-hybridized carbons (Fsp3) is 0.409. The summed E-state index contributed by atoms with van der Waals surface area (Å²) in [6.45, 7) is 2.42. The van der Waals surface area contributed by atoms with Crippen molar-refractivity contribution in [2.45, 2.75) is 31.9 Å². The van der Waals surface area contributed by atoms with Gasteiger partial charge in [-0.25, -0.2) is 0 Å². The lowest BCUT2D eigenvalue weighted by molar-refractivity contribution is 0.0669. The Hall–Kier alpha value is -2.73. The lowest BCUT2D eigenvalue weighted by atomic mass is 10.1. The number of amides is 1. The minimum absolute atomic E-state index is 0.104. The van der Waals surface area contributed by atoms with Crippen molar-refractivity contribution >= 4 is 5.91 Å². The van der Waals surface area contributed by atoms with Crippen LogP contribution in [0.4, 0.5) is 0 Å². The molecule has 1 atom stereocenters. The fourth-order valence-electron chi connectivity index (χ4n) is 3.51. The first-order valence-corrected chi connectivity index (χ1v) is 9.68. The van der Waals surface area contributed by atoms with Gasteiger partial charge in [0.05, 0.1) is 19.8 Å². The third kappa shape index (κ3) is 4.22. The van der Waals surface area contributed by atoms with E-state index in [9.17, 15) is 4.79 Å². The SMILES string of the molecule is COc1cc(CNC(=O)c2ccc3c(c2)CCO3)ccc1OCC1CCCO1. The molecule has 2 aliphatic heterocycles. The van der Waals surface area contributed by atoms with Crippen molar-refractivity contribution < 1.29 is 23.7 Å². The highest BCUT2D eigenvalue weighted by atomic mass is 16.5. The number of hydrogen-bond acceptors (Lipinski definition) is 5. The van der Waals surface area contributed by atoms with Crippen molar-refractivity contribution in [3.8, 4) is 17.2 Å². The van der Waals surface area contributed by atoms with E-state index < -0.39 is 0 Å². The second kappa shape index (κ2) is 8.52. The van der Waals surface area contributed by atoms with Gasteiger partial charge >= 0.3 is 0 Å². The topological polar surface area (TPSA) is 66.0 Å². The maximum atomic E-state index is 12.5. The predicted octanol–water partition coefficient (Wildman–Crippen LogP) is 3.12. The first-order chi connectivity index (χ1) is 13.7. The Balaban J connectivity index is 1.35. The number of carbonyl (C=O) groups excluding carboxylic acids is 1. The average Bonchev–Trinajstić information content (AvgIpc) is 3.41. The molecule has 4 rings (SSSR count). The standard InChI is InChI=1S/C22H25NO5/c1-25-21-11-15(4-6-20(21)28-14-18-3-2-9-26-18)13-23-22(24)17-5-7-19-16(12-17)8-10-27-19/h4-7,11-12,18H,2-3,8-10,13-14H2,1H3,(H,23,24). The predicted molar refractivity (Wildman–Crippen MR) is 104 cm³/mol. The van der Waals surface area contributed by atoms with E-state index in [0.717, 1.165) is 42.7 Å². The minimum Gasteiger partial charge on any atom is -0.493 e. The van der Waals surface area contributed by atoms with Crippen molar-refractivity contribution in [3.63, 3.8) is 0 Å². The maximum absolute atomic E-state index is 12.5. The minimum atomic E-state index is -0.104. The highest BCUT2D eigenvalue weighted by molar-refractivity contribution is 5.94. The van der Waals surface area contributed by atoms with Crippen LogP contribution in [-0.2, 0) is 17.7 Å². The van der Waals surface area contributed by atoms with E-state index in [1.165, 1.54) is 0 Å². The van der Waals surface area contributed by atoms with Crippen molar-refractivity contribution in [1.29, 1.82) is 0 Å². The van der Waals surface area contributed by atoms with Gasteiger partial charge in [-0.05, 0) is 54.3 Å². The van der Waals surface area contributed by atoms with Gasteiger partial charge in [0.1, 0.15) is 12.4 Å². The van der Waals surface area contributed by atoms with Crippen LogP contribution in [0, 0.1) is 0 Å². The van der Waals surface area contributed by atoms with Gasteiger partial charge in [0.15, 0.2) is 11.5 Å². The Morgan fingerprint density at radius 3 is 2.93 bits per heavy atom. The van der Waals surface area contributed by atoms with Crippen molar-refractivity contribution in [3.05, 3.63) is 53.1 Å². The molecule has 28 heavy (non-hydrogen) atoms. The molecule has 148 valence electrons. The molecule has 0 saturated carbocycles. The molecule has 0 aliphatic carbocycles. The van der Waals surface area contributed by atoms with Crippen LogP contribution in [0.15, 0.2) is 36.4 Å². The number of carbonyl (C=O) groups is 1. The summed E-state index contributed by atoms with van der Waals surface area (Å²) in [5.74, 6) is 2.11. The lowest BCUT2D eigenvalue weighted by Crippen LogP contribution is -2.23. The van der Waals surface area contributed by atoms with Crippen LogP contribution in [0.5, 0.6) is 17.2 Å². The van der Waals surface area contributed by atoms with Crippen molar-refractivity contribution in [1.82, 2.24) is 5.32 Å². The summed E-state index contributed by atoms with van der Waals surface area (Å²) in [6, 6.07) is 11.3. The first-order valence-electron chi connectivity index (χ1n) is 9.68. The van der Waals surface area contributed by atoms with Crippen LogP contribution in [0.25, 0.3) is 0 Å². The van der Waals surface area contributed by atoms with Crippen molar-refractivity contribution in [2.24, 2.45) is 0 Å². The normalized spacial score (nSPS) is 17.7.